The zero-order chi connectivity index (χ0) is 20.3. The van der Waals surface area contributed by atoms with Crippen LogP contribution in [0.15, 0.2) is 53.4 Å². The highest BCUT2D eigenvalue weighted by molar-refractivity contribution is 8.00. The molecule has 0 N–H and O–H groups in total. The zero-order valence-corrected chi connectivity index (χ0v) is 15.7. The van der Waals surface area contributed by atoms with Crippen molar-refractivity contribution in [2.24, 2.45) is 0 Å². The third-order valence-electron chi connectivity index (χ3n) is 4.12. The molecule has 0 radical (unpaired) electrons. The number of benzene rings is 2. The minimum Gasteiger partial charge on any atom is -0.545 e. The summed E-state index contributed by atoms with van der Waals surface area (Å²) in [6.07, 6.45) is -0.0511. The van der Waals surface area contributed by atoms with Gasteiger partial charge in [-0.15, -0.1) is 11.8 Å². The van der Waals surface area contributed by atoms with Crippen LogP contribution in [0.5, 0.6) is 0 Å². The predicted octanol–water partition coefficient (Wildman–Crippen LogP) is 1.65. The number of nitrogens with zero attached hydrogens (tertiary/aromatic N) is 1. The Bertz CT molecular complexity index is 940. The van der Waals surface area contributed by atoms with Gasteiger partial charge in [-0.05, 0) is 37.3 Å². The Hall–Kier alpha value is -3.13. The number of esters is 1. The van der Waals surface area contributed by atoms with Crippen LogP contribution in [0.3, 0.4) is 0 Å². The zero-order valence-electron chi connectivity index (χ0n) is 14.9. The summed E-state index contributed by atoms with van der Waals surface area (Å²) in [6.45, 7) is 1.94. The van der Waals surface area contributed by atoms with Crippen molar-refractivity contribution < 1.29 is 29.0 Å². The van der Waals surface area contributed by atoms with Gasteiger partial charge < -0.3 is 14.6 Å². The van der Waals surface area contributed by atoms with Gasteiger partial charge in [0.25, 0.3) is 0 Å². The topological polar surface area (TPSA) is 104 Å². The lowest BCUT2D eigenvalue weighted by molar-refractivity contribution is -0.255. The molecule has 7 nitrogen and oxygen atoms in total. The maximum atomic E-state index is 12.8. The number of carbonyl (C=O) groups is 4. The van der Waals surface area contributed by atoms with Gasteiger partial charge >= 0.3 is 5.97 Å². The fourth-order valence-corrected chi connectivity index (χ4v) is 3.99. The Morgan fingerprint density at radius 3 is 2.46 bits per heavy atom. The molecule has 1 saturated heterocycles. The lowest BCUT2D eigenvalue weighted by atomic mass is 10.2. The summed E-state index contributed by atoms with van der Waals surface area (Å²) in [7, 11) is 0. The summed E-state index contributed by atoms with van der Waals surface area (Å²) in [5.41, 5.74) is 0.642. The number of carbonyl (C=O) groups excluding carboxylic acids is 4. The number of carboxylic acid groups (broad SMARTS) is 1. The molecule has 1 aliphatic rings. The van der Waals surface area contributed by atoms with Crippen LogP contribution < -0.4 is 10.0 Å². The number of aromatic carboxylic acids is 1. The standard InChI is InChI=1S/C20H17NO6S/c1-2-27-20(26)12-7-9-13(10-8-12)21-17(22)11-16(18(21)23)28-15-6-4-3-5-14(15)19(24)25/h3-10,16H,2,11H2,1H3,(H,24,25)/p-1. The summed E-state index contributed by atoms with van der Waals surface area (Å²) in [5.74, 6) is -2.66. The molecule has 1 unspecified atom stereocenters. The molecule has 1 atom stereocenters. The van der Waals surface area contributed by atoms with Crippen molar-refractivity contribution in [1.82, 2.24) is 0 Å². The largest absolute Gasteiger partial charge is 0.545 e. The van der Waals surface area contributed by atoms with Crippen LogP contribution in [0.2, 0.25) is 0 Å². The van der Waals surface area contributed by atoms with Gasteiger partial charge in [-0.25, -0.2) is 9.69 Å². The maximum absolute atomic E-state index is 12.8. The molecule has 1 heterocycles. The molecule has 2 amide bonds. The third-order valence-corrected chi connectivity index (χ3v) is 5.38. The van der Waals surface area contributed by atoms with Gasteiger partial charge in [0.1, 0.15) is 0 Å². The van der Waals surface area contributed by atoms with Crippen LogP contribution in [0.1, 0.15) is 34.1 Å². The maximum Gasteiger partial charge on any atom is 0.338 e. The molecular formula is C20H16NO6S-. The second kappa shape index (κ2) is 8.26. The van der Waals surface area contributed by atoms with Crippen molar-refractivity contribution in [2.45, 2.75) is 23.5 Å². The van der Waals surface area contributed by atoms with Gasteiger partial charge in [0.05, 0.1) is 29.1 Å². The average Bonchev–Trinajstić information content (AvgIpc) is 2.95. The summed E-state index contributed by atoms with van der Waals surface area (Å²) < 4.78 is 4.91. The van der Waals surface area contributed by atoms with Crippen LogP contribution in [-0.4, -0.2) is 35.6 Å². The van der Waals surface area contributed by atoms with Crippen LogP contribution in [-0.2, 0) is 14.3 Å². The van der Waals surface area contributed by atoms with Crippen molar-refractivity contribution in [2.75, 3.05) is 11.5 Å². The second-order valence-electron chi connectivity index (χ2n) is 5.93. The quantitative estimate of drug-likeness (QED) is 0.538. The monoisotopic (exact) mass is 398 g/mol. The smallest absolute Gasteiger partial charge is 0.338 e. The summed E-state index contributed by atoms with van der Waals surface area (Å²) in [4.78, 5) is 49.5. The molecule has 0 bridgehead atoms. The molecule has 8 heteroatoms. The Kier molecular flexibility index (Phi) is 5.79. The number of imide groups is 1. The minimum atomic E-state index is -1.34. The van der Waals surface area contributed by atoms with E-state index in [-0.39, 0.29) is 18.6 Å². The van der Waals surface area contributed by atoms with E-state index in [4.69, 9.17) is 4.74 Å². The number of anilines is 1. The third kappa shape index (κ3) is 3.91. The fourth-order valence-electron chi connectivity index (χ4n) is 2.82. The molecule has 1 aliphatic heterocycles. The van der Waals surface area contributed by atoms with Crippen molar-refractivity contribution in [3.8, 4) is 0 Å². The van der Waals surface area contributed by atoms with Gasteiger partial charge in [-0.1, -0.05) is 18.2 Å². The lowest BCUT2D eigenvalue weighted by Gasteiger charge is -2.16. The normalized spacial score (nSPS) is 16.3. The van der Waals surface area contributed by atoms with Crippen LogP contribution in [0.25, 0.3) is 0 Å². The molecule has 144 valence electrons. The van der Waals surface area contributed by atoms with Crippen LogP contribution in [0.4, 0.5) is 5.69 Å². The first-order valence-corrected chi connectivity index (χ1v) is 9.41. The van der Waals surface area contributed by atoms with Crippen molar-refractivity contribution >= 4 is 41.2 Å². The molecule has 2 aromatic carbocycles. The number of hydrogen-bond acceptors (Lipinski definition) is 7. The van der Waals surface area contributed by atoms with E-state index in [0.29, 0.717) is 16.1 Å². The fraction of sp³-hybridized carbons (Fsp3) is 0.200. The van der Waals surface area contributed by atoms with E-state index in [1.54, 1.807) is 25.1 Å². The molecule has 2 aromatic rings. The molecule has 0 aromatic heterocycles. The highest BCUT2D eigenvalue weighted by Gasteiger charge is 2.40. The van der Waals surface area contributed by atoms with Gasteiger partial charge in [-0.2, -0.15) is 0 Å². The highest BCUT2D eigenvalue weighted by atomic mass is 32.2. The number of ether oxygens (including phenoxy) is 1. The minimum absolute atomic E-state index is 0.0232. The Labute approximate surface area is 165 Å². The van der Waals surface area contributed by atoms with E-state index in [2.05, 4.69) is 0 Å². The number of hydrogen-bond donors (Lipinski definition) is 0. The van der Waals surface area contributed by atoms with E-state index in [1.807, 2.05) is 0 Å². The molecule has 1 fully saturated rings. The van der Waals surface area contributed by atoms with E-state index < -0.39 is 29.0 Å². The SMILES string of the molecule is CCOC(=O)c1ccc(N2C(=O)CC(Sc3ccccc3C(=O)[O-])C2=O)cc1. The molecule has 0 spiro atoms. The van der Waals surface area contributed by atoms with Gasteiger partial charge in [0, 0.05) is 16.9 Å². The Morgan fingerprint density at radius 2 is 1.82 bits per heavy atom. The van der Waals surface area contributed by atoms with E-state index in [1.165, 1.54) is 30.3 Å². The molecule has 28 heavy (non-hydrogen) atoms. The second-order valence-corrected chi connectivity index (χ2v) is 7.17. The number of carboxylic acids is 1. The molecule has 0 aliphatic carbocycles. The number of rotatable bonds is 6. The number of thioether (sulfide) groups is 1. The van der Waals surface area contributed by atoms with Crippen LogP contribution in [0, 0.1) is 0 Å². The Balaban J connectivity index is 1.79. The molecule has 3 rings (SSSR count). The summed E-state index contributed by atoms with van der Waals surface area (Å²) >= 11 is 1.02. The average molecular weight is 398 g/mol. The molecule has 0 saturated carbocycles. The summed E-state index contributed by atoms with van der Waals surface area (Å²) in [5, 5.41) is 10.5. The molecular weight excluding hydrogens is 382 g/mol. The lowest BCUT2D eigenvalue weighted by Crippen LogP contribution is -2.31. The van der Waals surface area contributed by atoms with Crippen molar-refractivity contribution in [3.05, 3.63) is 59.7 Å². The first kappa shape index (κ1) is 19.6. The van der Waals surface area contributed by atoms with E-state index in [0.717, 1.165) is 16.7 Å². The van der Waals surface area contributed by atoms with E-state index >= 15 is 0 Å². The first-order chi connectivity index (χ1) is 13.4. The number of amides is 2. The van der Waals surface area contributed by atoms with Crippen molar-refractivity contribution in [3.63, 3.8) is 0 Å². The van der Waals surface area contributed by atoms with Gasteiger partial charge in [0.15, 0.2) is 0 Å². The van der Waals surface area contributed by atoms with Crippen LogP contribution >= 0.6 is 11.8 Å². The van der Waals surface area contributed by atoms with Gasteiger partial charge in [-0.3, -0.25) is 9.59 Å². The van der Waals surface area contributed by atoms with E-state index in [9.17, 15) is 24.3 Å². The Morgan fingerprint density at radius 1 is 1.14 bits per heavy atom. The van der Waals surface area contributed by atoms with Gasteiger partial charge in [0.2, 0.25) is 11.8 Å². The predicted molar refractivity (Wildman–Crippen MR) is 99.9 cm³/mol. The van der Waals surface area contributed by atoms with Crippen molar-refractivity contribution in [1.29, 1.82) is 0 Å². The highest BCUT2D eigenvalue weighted by Crippen LogP contribution is 2.35. The first-order valence-electron chi connectivity index (χ1n) is 8.53. The summed E-state index contributed by atoms with van der Waals surface area (Å²) in [6, 6.07) is 12.2.